The first kappa shape index (κ1) is 33.4. The van der Waals surface area contributed by atoms with E-state index in [9.17, 15) is 23.1 Å². The van der Waals surface area contributed by atoms with Gasteiger partial charge in [0.2, 0.25) is 5.88 Å². The molecule has 0 aliphatic rings. The smallest absolute Gasteiger partial charge is 0.313 e. The molecule has 3 N–H and O–H groups in total. The van der Waals surface area contributed by atoms with E-state index >= 15 is 0 Å². The van der Waals surface area contributed by atoms with Crippen molar-refractivity contribution < 1.29 is 32.5 Å². The van der Waals surface area contributed by atoms with E-state index in [2.05, 4.69) is 25.6 Å². The third-order valence-corrected chi connectivity index (χ3v) is 7.13. The monoisotopic (exact) mass is 626 g/mol. The number of aliphatic hydroxyl groups is 1. The summed E-state index contributed by atoms with van der Waals surface area (Å²) in [6.45, 7) is 3.92. The van der Waals surface area contributed by atoms with Gasteiger partial charge in [-0.1, -0.05) is 18.2 Å². The van der Waals surface area contributed by atoms with Crippen molar-refractivity contribution in [2.75, 3.05) is 38.4 Å². The van der Waals surface area contributed by atoms with Crippen molar-refractivity contribution in [2.45, 2.75) is 51.9 Å². The molecular formula is C32H37F3N6O4. The number of pyridine rings is 1. The molecule has 10 nitrogen and oxygen atoms in total. The molecule has 0 saturated heterocycles. The molecule has 240 valence electrons. The molecule has 0 spiro atoms. The second kappa shape index (κ2) is 15.0. The molecule has 0 amide bonds. The van der Waals surface area contributed by atoms with E-state index in [0.717, 1.165) is 17.2 Å². The van der Waals surface area contributed by atoms with Gasteiger partial charge >= 0.3 is 5.97 Å². The molecule has 0 fully saturated rings. The second-order valence-corrected chi connectivity index (χ2v) is 10.6. The van der Waals surface area contributed by atoms with Crippen molar-refractivity contribution in [3.05, 3.63) is 82.6 Å². The molecule has 2 aromatic carbocycles. The van der Waals surface area contributed by atoms with Gasteiger partial charge in [-0.25, -0.2) is 28.1 Å². The van der Waals surface area contributed by atoms with E-state index in [1.165, 1.54) is 19.2 Å². The van der Waals surface area contributed by atoms with Gasteiger partial charge in [-0.2, -0.15) is 0 Å². The summed E-state index contributed by atoms with van der Waals surface area (Å²) >= 11 is 0. The third-order valence-electron chi connectivity index (χ3n) is 7.13. The number of hydrogen-bond donors (Lipinski definition) is 3. The molecule has 0 saturated carbocycles. The molecule has 0 radical (unpaired) electrons. The van der Waals surface area contributed by atoms with E-state index < -0.39 is 36.0 Å². The molecule has 0 bridgehead atoms. The number of likely N-dealkylation sites (N-methyl/N-ethyl adjacent to an activating group) is 1. The number of alkyl halides is 2. The normalized spacial score (nSPS) is 12.8. The maximum absolute atomic E-state index is 15.0. The highest BCUT2D eigenvalue weighted by molar-refractivity contribution is 5.92. The van der Waals surface area contributed by atoms with Crippen LogP contribution in [0.25, 0.3) is 10.9 Å². The number of halogens is 3. The van der Waals surface area contributed by atoms with Gasteiger partial charge in [0.25, 0.3) is 6.43 Å². The number of aromatic nitrogens is 3. The second-order valence-electron chi connectivity index (χ2n) is 10.6. The molecule has 13 heteroatoms. The summed E-state index contributed by atoms with van der Waals surface area (Å²) in [7, 11) is 5.08. The van der Waals surface area contributed by atoms with E-state index in [4.69, 9.17) is 9.47 Å². The zero-order valence-electron chi connectivity index (χ0n) is 25.8. The maximum atomic E-state index is 15.0. The predicted molar refractivity (Wildman–Crippen MR) is 165 cm³/mol. The minimum absolute atomic E-state index is 0.0444. The Morgan fingerprint density at radius 1 is 1.11 bits per heavy atom. The van der Waals surface area contributed by atoms with Crippen LogP contribution in [0, 0.1) is 5.82 Å². The third kappa shape index (κ3) is 8.37. The Labute approximate surface area is 259 Å². The van der Waals surface area contributed by atoms with Gasteiger partial charge in [-0.3, -0.25) is 9.69 Å². The van der Waals surface area contributed by atoms with Crippen molar-refractivity contribution in [2.24, 2.45) is 0 Å². The fourth-order valence-corrected chi connectivity index (χ4v) is 4.73. The number of anilines is 2. The van der Waals surface area contributed by atoms with Crippen molar-refractivity contribution in [1.29, 1.82) is 0 Å². The van der Waals surface area contributed by atoms with Crippen LogP contribution in [0.1, 0.15) is 54.4 Å². The number of carbonyl (C=O) groups is 1. The number of methoxy groups -OCH3 is 1. The zero-order valence-corrected chi connectivity index (χ0v) is 25.8. The van der Waals surface area contributed by atoms with Gasteiger partial charge in [-0.05, 0) is 57.8 Å². The van der Waals surface area contributed by atoms with Crippen molar-refractivity contribution in [3.63, 3.8) is 0 Å². The Bertz CT molecular complexity index is 1640. The van der Waals surface area contributed by atoms with E-state index in [-0.39, 0.29) is 24.4 Å². The largest absolute Gasteiger partial charge is 0.481 e. The van der Waals surface area contributed by atoms with Crippen molar-refractivity contribution >= 4 is 28.4 Å². The number of nitrogens with zero attached hydrogens (tertiary/aromatic N) is 4. The van der Waals surface area contributed by atoms with Gasteiger partial charge in [0, 0.05) is 41.4 Å². The average Bonchev–Trinajstić information content (AvgIpc) is 3.00. The van der Waals surface area contributed by atoms with Gasteiger partial charge in [-0.15, -0.1) is 0 Å². The molecule has 4 rings (SSSR count). The molecule has 2 aromatic heterocycles. The summed E-state index contributed by atoms with van der Waals surface area (Å²) in [6.07, 6.45) is -1.85. The van der Waals surface area contributed by atoms with Crippen LogP contribution >= 0.6 is 0 Å². The number of esters is 1. The Morgan fingerprint density at radius 2 is 1.87 bits per heavy atom. The highest BCUT2D eigenvalue weighted by atomic mass is 19.3. The Balaban J connectivity index is 1.65. The highest BCUT2D eigenvalue weighted by Crippen LogP contribution is 2.31. The van der Waals surface area contributed by atoms with Crippen LogP contribution in [0.5, 0.6) is 5.88 Å². The van der Waals surface area contributed by atoms with E-state index in [1.807, 2.05) is 12.1 Å². The molecule has 0 aliphatic heterocycles. The summed E-state index contributed by atoms with van der Waals surface area (Å²) in [5.74, 6) is -0.583. The van der Waals surface area contributed by atoms with Gasteiger partial charge in [0.15, 0.2) is 0 Å². The minimum atomic E-state index is -2.96. The molecule has 0 unspecified atom stereocenters. The van der Waals surface area contributed by atoms with Crippen LogP contribution in [0.3, 0.4) is 0 Å². The number of nitrogens with one attached hydrogen (secondary N) is 2. The highest BCUT2D eigenvalue weighted by Gasteiger charge is 2.21. The summed E-state index contributed by atoms with van der Waals surface area (Å²) in [5.41, 5.74) is 2.18. The lowest BCUT2D eigenvalue weighted by atomic mass is 10.0. The van der Waals surface area contributed by atoms with Crippen LogP contribution in [-0.4, -0.2) is 65.0 Å². The van der Waals surface area contributed by atoms with Crippen LogP contribution in [0.4, 0.5) is 24.7 Å². The maximum Gasteiger partial charge on any atom is 0.313 e. The topological polar surface area (TPSA) is 122 Å². The van der Waals surface area contributed by atoms with Crippen molar-refractivity contribution in [3.8, 4) is 5.88 Å². The average molecular weight is 627 g/mol. The Morgan fingerprint density at radius 3 is 2.56 bits per heavy atom. The molecular weight excluding hydrogens is 589 g/mol. The number of rotatable bonds is 14. The SMILES string of the molecule is CCOC(=O)Cc1nc(N[C@H](C)c2cccc(C(F)F)c2F)c2cc(NCc3cnc(OC)c(C[C@@H](O)N(C)C)c3)ccc2n1. The summed E-state index contributed by atoms with van der Waals surface area (Å²) in [6, 6.07) is 10.4. The lowest BCUT2D eigenvalue weighted by molar-refractivity contribution is -0.142. The minimum Gasteiger partial charge on any atom is -0.481 e. The first-order chi connectivity index (χ1) is 21.5. The quantitative estimate of drug-likeness (QED) is 0.124. The predicted octanol–water partition coefficient (Wildman–Crippen LogP) is 5.42. The van der Waals surface area contributed by atoms with Crippen molar-refractivity contribution in [1.82, 2.24) is 19.9 Å². The first-order valence-corrected chi connectivity index (χ1v) is 14.4. The van der Waals surface area contributed by atoms with Crippen LogP contribution in [0.2, 0.25) is 0 Å². The summed E-state index contributed by atoms with van der Waals surface area (Å²) < 4.78 is 52.2. The lowest BCUT2D eigenvalue weighted by Crippen LogP contribution is -2.29. The fraction of sp³-hybridized carbons (Fsp3) is 0.375. The van der Waals surface area contributed by atoms with E-state index in [1.54, 1.807) is 51.2 Å². The summed E-state index contributed by atoms with van der Waals surface area (Å²) in [4.78, 5) is 27.3. The number of aliphatic hydroxyl groups excluding tert-OH is 1. The van der Waals surface area contributed by atoms with Crippen LogP contribution in [-0.2, 0) is 28.9 Å². The van der Waals surface area contributed by atoms with Crippen LogP contribution in [0.15, 0.2) is 48.7 Å². The van der Waals surface area contributed by atoms with Gasteiger partial charge < -0.3 is 25.2 Å². The first-order valence-electron chi connectivity index (χ1n) is 14.4. The van der Waals surface area contributed by atoms with Crippen LogP contribution < -0.4 is 15.4 Å². The van der Waals surface area contributed by atoms with Gasteiger partial charge in [0.05, 0.1) is 30.8 Å². The molecule has 45 heavy (non-hydrogen) atoms. The molecule has 2 atom stereocenters. The Kier molecular flexibility index (Phi) is 11.1. The molecule has 4 aromatic rings. The number of ether oxygens (including phenoxy) is 2. The number of benzene rings is 2. The molecule has 2 heterocycles. The summed E-state index contributed by atoms with van der Waals surface area (Å²) in [5, 5.41) is 17.4. The number of fused-ring (bicyclic) bond motifs is 1. The molecule has 0 aliphatic carbocycles. The van der Waals surface area contributed by atoms with Gasteiger partial charge in [0.1, 0.15) is 30.1 Å². The Hall–Kier alpha value is -4.49. The van der Waals surface area contributed by atoms with E-state index in [0.29, 0.717) is 41.3 Å². The number of hydrogen-bond acceptors (Lipinski definition) is 10. The standard InChI is InChI=1S/C32H37F3N6O4/c1-6-45-28(43)15-26-39-25-11-10-21(36-16-19-12-20(13-27(42)41(3)4)32(44-5)37-17-19)14-24(25)31(40-26)38-18(2)22-8-7-9-23(29(22)33)30(34)35/h7-12,14,17-18,27,30,36,42H,6,13,15-16H2,1-5H3,(H,38,39,40)/t18-,27-/m1/s1. The fourth-order valence-electron chi connectivity index (χ4n) is 4.73. The lowest BCUT2D eigenvalue weighted by Gasteiger charge is -2.20. The number of carbonyl (C=O) groups excluding carboxylic acids is 1. The zero-order chi connectivity index (χ0) is 32.7.